The molecule has 614 valence electrons. The van der Waals surface area contributed by atoms with Crippen LogP contribution in [0.4, 0.5) is 0 Å². The fraction of sp³-hybridized carbons (Fsp3) is 0.869. The van der Waals surface area contributed by atoms with Crippen LogP contribution in [0.15, 0.2) is 48.6 Å². The molecule has 0 bridgehead atoms. The number of nitrogens with one attached hydrogen (secondary N) is 4. The van der Waals surface area contributed by atoms with E-state index < -0.39 is 48.9 Å². The molecule has 2 heterocycles. The molecule has 0 aromatic rings. The topological polar surface area (TPSA) is 267 Å². The monoisotopic (exact) mass is 1490 g/mol. The number of hydrogen-bond donors (Lipinski definition) is 8. The van der Waals surface area contributed by atoms with Crippen LogP contribution in [0.25, 0.3) is 0 Å². The number of hydrogen-bond acceptors (Lipinski definition) is 18. The van der Waals surface area contributed by atoms with Crippen LogP contribution >= 0.6 is 0 Å². The van der Waals surface area contributed by atoms with Crippen LogP contribution in [0.2, 0.25) is 0 Å². The van der Waals surface area contributed by atoms with Crippen molar-refractivity contribution in [2.24, 2.45) is 11.8 Å². The maximum Gasteiger partial charge on any atom is 0.220 e. The molecule has 105 heavy (non-hydrogen) atoms. The summed E-state index contributed by atoms with van der Waals surface area (Å²) in [4.78, 5) is 39.0. The summed E-state index contributed by atoms with van der Waals surface area (Å²) in [7, 11) is 0. The first-order chi connectivity index (χ1) is 51.1. The van der Waals surface area contributed by atoms with E-state index >= 15 is 0 Å². The molecule has 0 aromatic heterocycles. The van der Waals surface area contributed by atoms with Crippen molar-refractivity contribution < 1.29 is 77.4 Å². The molecule has 0 saturated carbocycles. The second kappa shape index (κ2) is 67.6. The van der Waals surface area contributed by atoms with E-state index in [1.165, 1.54) is 117 Å². The van der Waals surface area contributed by atoms with E-state index in [1.54, 1.807) is 0 Å². The second-order valence-electron chi connectivity index (χ2n) is 29.4. The standard InChI is InChI=1S/C84H157N5O16/c1-9-13-15-17-19-21-23-25-27-29-31-33-35-37-39-45-52-84(96,53-46-40-38-36-34-32-30-28-26-24-22-20-18-16-14-10-2)103-59-49-58-89(56-47-41-43-50-76(92)85-54-60-97-62-64-99-66-68-101-82-78(87-72(7)90)80(94)70(5)74(11-3)104-82)57-48-42-44-51-77(93)86-55-61-98-63-65-100-67-69-102-83-79(88-73(8)91)81(95)71(6)75(12-4)105-83/h19-22,25-28,70-71,74-76,78-83,85,92,94-96H,9-18,23-24,29-69H2,1-8H3,(H,86,93)(H,87,90)(H,88,91)/b21-19-,22-20-,27-25-,28-26-/t70-,71-,74?,75?,76?,78?,79?,80?,81?,82+,83+/m0/s1. The largest absolute Gasteiger partial charge is 0.390 e. The zero-order valence-electron chi connectivity index (χ0n) is 67.6. The van der Waals surface area contributed by atoms with E-state index in [1.807, 2.05) is 27.7 Å². The summed E-state index contributed by atoms with van der Waals surface area (Å²) in [5, 5.41) is 56.3. The summed E-state index contributed by atoms with van der Waals surface area (Å²) < 4.78 is 53.3. The molecule has 2 fully saturated rings. The van der Waals surface area contributed by atoms with Crippen molar-refractivity contribution in [1.29, 1.82) is 0 Å². The van der Waals surface area contributed by atoms with Crippen molar-refractivity contribution in [3.63, 3.8) is 0 Å². The van der Waals surface area contributed by atoms with Gasteiger partial charge in [-0.05, 0) is 142 Å². The first-order valence-electron chi connectivity index (χ1n) is 42.2. The van der Waals surface area contributed by atoms with Gasteiger partial charge in [0.15, 0.2) is 18.4 Å². The Hall–Kier alpha value is -3.23. The molecular formula is C84H157N5O16. The van der Waals surface area contributed by atoms with Crippen LogP contribution in [0.5, 0.6) is 0 Å². The molecule has 0 radical (unpaired) electrons. The molecule has 2 aliphatic heterocycles. The van der Waals surface area contributed by atoms with Crippen LogP contribution in [-0.2, 0) is 57.0 Å². The Balaban J connectivity index is 1.86. The smallest absolute Gasteiger partial charge is 0.220 e. The van der Waals surface area contributed by atoms with Gasteiger partial charge in [-0.15, -0.1) is 0 Å². The summed E-state index contributed by atoms with van der Waals surface area (Å²) in [5.41, 5.74) is 0. The normalized spacial score (nSPS) is 21.3. The van der Waals surface area contributed by atoms with E-state index in [9.17, 15) is 34.8 Å². The predicted octanol–water partition coefficient (Wildman–Crippen LogP) is 14.3. The third kappa shape index (κ3) is 52.6. The Labute approximate surface area is 638 Å². The van der Waals surface area contributed by atoms with E-state index in [-0.39, 0.29) is 55.0 Å². The molecule has 7 unspecified atom stereocenters. The molecule has 2 aliphatic rings. The number of unbranched alkanes of at least 4 members (excludes halogenated alkanes) is 22. The van der Waals surface area contributed by atoms with Crippen molar-refractivity contribution in [1.82, 2.24) is 26.2 Å². The maximum atomic E-state index is 12.8. The minimum atomic E-state index is -1.12. The van der Waals surface area contributed by atoms with Gasteiger partial charge in [0.1, 0.15) is 18.3 Å². The molecule has 11 atom stereocenters. The molecule has 21 heteroatoms. The van der Waals surface area contributed by atoms with Crippen molar-refractivity contribution >= 4 is 17.7 Å². The molecule has 0 spiro atoms. The van der Waals surface area contributed by atoms with E-state index in [4.69, 9.17) is 42.6 Å². The van der Waals surface area contributed by atoms with Crippen LogP contribution < -0.4 is 21.3 Å². The van der Waals surface area contributed by atoms with Gasteiger partial charge < -0.3 is 83.9 Å². The number of nitrogens with zero attached hydrogens (tertiary/aromatic N) is 1. The summed E-state index contributed by atoms with van der Waals surface area (Å²) in [6, 6.07) is -1.33. The summed E-state index contributed by atoms with van der Waals surface area (Å²) >= 11 is 0. The highest BCUT2D eigenvalue weighted by Crippen LogP contribution is 2.31. The Bertz CT molecular complexity index is 2110. The summed E-state index contributed by atoms with van der Waals surface area (Å²) in [5.74, 6) is -1.92. The first-order valence-corrected chi connectivity index (χ1v) is 42.2. The van der Waals surface area contributed by atoms with Crippen molar-refractivity contribution in [2.45, 2.75) is 354 Å². The van der Waals surface area contributed by atoms with Crippen molar-refractivity contribution in [2.75, 3.05) is 105 Å². The average molecular weight is 1490 g/mol. The highest BCUT2D eigenvalue weighted by molar-refractivity contribution is 5.75. The van der Waals surface area contributed by atoms with Crippen LogP contribution in [0, 0.1) is 11.8 Å². The Morgan fingerprint density at radius 3 is 1.30 bits per heavy atom. The molecule has 2 rings (SSSR count). The zero-order valence-corrected chi connectivity index (χ0v) is 67.6. The highest BCUT2D eigenvalue weighted by atomic mass is 16.7. The van der Waals surface area contributed by atoms with Gasteiger partial charge in [0.2, 0.25) is 17.7 Å². The van der Waals surface area contributed by atoms with Gasteiger partial charge in [0, 0.05) is 64.6 Å². The van der Waals surface area contributed by atoms with Gasteiger partial charge >= 0.3 is 0 Å². The lowest BCUT2D eigenvalue weighted by Gasteiger charge is -2.43. The molecule has 21 nitrogen and oxygen atoms in total. The zero-order chi connectivity index (χ0) is 76.5. The van der Waals surface area contributed by atoms with Gasteiger partial charge in [-0.1, -0.05) is 180 Å². The fourth-order valence-electron chi connectivity index (χ4n) is 13.6. The molecule has 2 saturated heterocycles. The molecular weight excluding hydrogens is 1330 g/mol. The minimum absolute atomic E-state index is 0.00761. The number of rotatable bonds is 72. The van der Waals surface area contributed by atoms with E-state index in [0.717, 1.165) is 122 Å². The number of amides is 3. The van der Waals surface area contributed by atoms with Crippen molar-refractivity contribution in [3.05, 3.63) is 48.6 Å². The predicted molar refractivity (Wildman–Crippen MR) is 422 cm³/mol. The lowest BCUT2D eigenvalue weighted by molar-refractivity contribution is -0.252. The summed E-state index contributed by atoms with van der Waals surface area (Å²) in [6.45, 7) is 22.5. The fourth-order valence-corrected chi connectivity index (χ4v) is 13.6. The Morgan fingerprint density at radius 2 is 0.857 bits per heavy atom. The highest BCUT2D eigenvalue weighted by Gasteiger charge is 2.45. The van der Waals surface area contributed by atoms with Crippen LogP contribution in [-0.4, -0.2) is 210 Å². The van der Waals surface area contributed by atoms with E-state index in [2.05, 4.69) is 88.6 Å². The van der Waals surface area contributed by atoms with Crippen molar-refractivity contribution in [3.8, 4) is 0 Å². The second-order valence-corrected chi connectivity index (χ2v) is 29.4. The van der Waals surface area contributed by atoms with Gasteiger partial charge in [0.05, 0.1) is 97.1 Å². The lowest BCUT2D eigenvalue weighted by Crippen LogP contribution is -2.61. The van der Waals surface area contributed by atoms with E-state index in [0.29, 0.717) is 105 Å². The Kier molecular flexibility index (Phi) is 63.0. The first kappa shape index (κ1) is 97.8. The van der Waals surface area contributed by atoms with Crippen LogP contribution in [0.1, 0.15) is 293 Å². The minimum Gasteiger partial charge on any atom is -0.390 e. The molecule has 8 N–H and O–H groups in total. The van der Waals surface area contributed by atoms with Gasteiger partial charge in [0.25, 0.3) is 0 Å². The number of aliphatic hydroxyl groups excluding tert-OH is 3. The number of ether oxygens (including phenoxy) is 9. The molecule has 3 amide bonds. The van der Waals surface area contributed by atoms with Gasteiger partial charge in [-0.25, -0.2) is 0 Å². The van der Waals surface area contributed by atoms with Gasteiger partial charge in [-0.3, -0.25) is 19.7 Å². The summed E-state index contributed by atoms with van der Waals surface area (Å²) in [6.07, 6.45) is 53.0. The van der Waals surface area contributed by atoms with Gasteiger partial charge in [-0.2, -0.15) is 0 Å². The number of aliphatic hydroxyl groups is 4. The number of allylic oxidation sites excluding steroid dienone is 8. The molecule has 0 aliphatic carbocycles. The average Bonchev–Trinajstić information content (AvgIpc) is 0.819. The maximum absolute atomic E-state index is 12.8. The third-order valence-corrected chi connectivity index (χ3v) is 20.0. The van der Waals surface area contributed by atoms with Crippen LogP contribution in [0.3, 0.4) is 0 Å². The lowest BCUT2D eigenvalue weighted by atomic mass is 9.88. The number of carbonyl (C=O) groups is 3. The Morgan fingerprint density at radius 1 is 0.467 bits per heavy atom. The molecule has 0 aromatic carbocycles. The quantitative estimate of drug-likeness (QED) is 0.0160. The third-order valence-electron chi connectivity index (χ3n) is 20.0. The SMILES string of the molecule is CCCCC/C=C\C/C=C\CCCCCCCCC(O)(CCCCCCCC/C=C\C/C=C\CCCCC)OCCCN(CCCCCC(=O)NCCOCCOCCO[C@@H]1OC(CC)[C@H](C)C(O)C1NC(C)=O)CCCCCC(O)NCCOCCOCCO[C@@H]1OC(CC)[C@H](C)C(O)C1NC(C)=O. The number of carbonyl (C=O) groups excluding carboxylic acids is 3.